The van der Waals surface area contributed by atoms with Gasteiger partial charge in [-0.15, -0.1) is 0 Å². The molecule has 1 atom stereocenters. The Morgan fingerprint density at radius 2 is 1.80 bits per heavy atom. The Bertz CT molecular complexity index is 376. The van der Waals surface area contributed by atoms with Gasteiger partial charge >= 0.3 is 11.9 Å². The molecule has 0 aliphatic heterocycles. The summed E-state index contributed by atoms with van der Waals surface area (Å²) in [4.78, 5) is 34.0. The third-order valence-corrected chi connectivity index (χ3v) is 2.33. The molecule has 0 aromatic heterocycles. The van der Waals surface area contributed by atoms with Gasteiger partial charge in [-0.25, -0.2) is 4.79 Å². The number of carbonyl (C=O) groups is 3. The van der Waals surface area contributed by atoms with Gasteiger partial charge in [-0.05, 0) is 33.1 Å². The van der Waals surface area contributed by atoms with E-state index in [4.69, 9.17) is 4.74 Å². The zero-order valence-corrected chi connectivity index (χ0v) is 12.9. The van der Waals surface area contributed by atoms with E-state index < -0.39 is 17.5 Å². The molecule has 0 aliphatic rings. The zero-order valence-electron chi connectivity index (χ0n) is 12.9. The van der Waals surface area contributed by atoms with Crippen LogP contribution in [-0.4, -0.2) is 30.4 Å². The summed E-state index contributed by atoms with van der Waals surface area (Å²) in [6.07, 6.45) is 3.65. The van der Waals surface area contributed by atoms with Crippen LogP contribution in [0.4, 0.5) is 0 Å². The van der Waals surface area contributed by atoms with E-state index in [-0.39, 0.29) is 24.5 Å². The molecule has 0 saturated heterocycles. The average molecular weight is 284 g/mol. The summed E-state index contributed by atoms with van der Waals surface area (Å²) >= 11 is 0. The third-order valence-electron chi connectivity index (χ3n) is 2.33. The van der Waals surface area contributed by atoms with Crippen molar-refractivity contribution >= 4 is 17.7 Å². The minimum atomic E-state index is -0.577. The molecule has 0 aromatic rings. The van der Waals surface area contributed by atoms with Crippen molar-refractivity contribution in [1.82, 2.24) is 0 Å². The van der Waals surface area contributed by atoms with E-state index in [0.29, 0.717) is 6.42 Å². The highest BCUT2D eigenvalue weighted by Gasteiger charge is 2.19. The highest BCUT2D eigenvalue weighted by Crippen LogP contribution is 2.13. The van der Waals surface area contributed by atoms with Gasteiger partial charge < -0.3 is 9.47 Å². The lowest BCUT2D eigenvalue weighted by Gasteiger charge is -2.19. The molecule has 0 aliphatic carbocycles. The van der Waals surface area contributed by atoms with Gasteiger partial charge in [-0.3, -0.25) is 9.59 Å². The van der Waals surface area contributed by atoms with Gasteiger partial charge in [0.15, 0.2) is 0 Å². The molecule has 114 valence electrons. The van der Waals surface area contributed by atoms with Crippen LogP contribution < -0.4 is 0 Å². The molecule has 20 heavy (non-hydrogen) atoms. The molecule has 5 nitrogen and oxygen atoms in total. The van der Waals surface area contributed by atoms with E-state index in [9.17, 15) is 14.4 Å². The Kier molecular flexibility index (Phi) is 7.80. The number of ketones is 1. The number of Topliss-reactive ketones (excluding diaryl/α,β-unsaturated/α-hetero) is 1. The molecule has 0 rings (SSSR count). The van der Waals surface area contributed by atoms with Gasteiger partial charge in [0.05, 0.1) is 7.11 Å². The first kappa shape index (κ1) is 18.4. The zero-order chi connectivity index (χ0) is 15.8. The summed E-state index contributed by atoms with van der Waals surface area (Å²) in [5.74, 6) is -1.01. The smallest absolute Gasteiger partial charge is 0.330 e. The van der Waals surface area contributed by atoms with Gasteiger partial charge in [0.2, 0.25) is 0 Å². The molecule has 0 aromatic carbocycles. The summed E-state index contributed by atoms with van der Waals surface area (Å²) in [5.41, 5.74) is -0.577. The molecule has 0 N–H and O–H groups in total. The van der Waals surface area contributed by atoms with Crippen LogP contribution in [0, 0.1) is 5.92 Å². The standard InChI is InChI=1S/C15H24O5/c1-11(7-6-8-13(17)19-5)9-12(16)10-14(18)20-15(2,3)4/h6,8,11H,7,9-10H2,1-5H3/b8-6+. The van der Waals surface area contributed by atoms with Crippen LogP contribution in [0.1, 0.15) is 47.0 Å². The summed E-state index contributed by atoms with van der Waals surface area (Å²) < 4.78 is 9.54. The summed E-state index contributed by atoms with van der Waals surface area (Å²) in [6, 6.07) is 0. The number of hydrogen-bond acceptors (Lipinski definition) is 5. The van der Waals surface area contributed by atoms with Gasteiger partial charge in [0.1, 0.15) is 17.8 Å². The quantitative estimate of drug-likeness (QED) is 0.408. The summed E-state index contributed by atoms with van der Waals surface area (Å²) in [5, 5.41) is 0. The number of methoxy groups -OCH3 is 1. The fourth-order valence-electron chi connectivity index (χ4n) is 1.55. The van der Waals surface area contributed by atoms with Gasteiger partial charge in [0, 0.05) is 12.5 Å². The van der Waals surface area contributed by atoms with Crippen molar-refractivity contribution in [2.45, 2.75) is 52.6 Å². The predicted octanol–water partition coefficient (Wildman–Crippen LogP) is 2.43. The molecular formula is C15H24O5. The largest absolute Gasteiger partial charge is 0.466 e. The van der Waals surface area contributed by atoms with Crippen LogP contribution in [-0.2, 0) is 23.9 Å². The molecule has 0 heterocycles. The highest BCUT2D eigenvalue weighted by atomic mass is 16.6. The number of ether oxygens (including phenoxy) is 2. The Balaban J connectivity index is 4.05. The van der Waals surface area contributed by atoms with E-state index in [1.807, 2.05) is 6.92 Å². The fraction of sp³-hybridized carbons (Fsp3) is 0.667. The normalized spacial score (nSPS) is 13.1. The minimum Gasteiger partial charge on any atom is -0.466 e. The van der Waals surface area contributed by atoms with Gasteiger partial charge in [-0.1, -0.05) is 13.0 Å². The van der Waals surface area contributed by atoms with Crippen LogP contribution in [0.3, 0.4) is 0 Å². The molecule has 5 heteroatoms. The van der Waals surface area contributed by atoms with Crippen LogP contribution in [0.5, 0.6) is 0 Å². The third kappa shape index (κ3) is 10.3. The molecule has 0 spiro atoms. The molecule has 0 radical (unpaired) electrons. The Morgan fingerprint density at radius 3 is 2.30 bits per heavy atom. The Morgan fingerprint density at radius 1 is 1.20 bits per heavy atom. The first-order valence-electron chi connectivity index (χ1n) is 6.62. The lowest BCUT2D eigenvalue weighted by atomic mass is 9.99. The van der Waals surface area contributed by atoms with Gasteiger partial charge in [-0.2, -0.15) is 0 Å². The van der Waals surface area contributed by atoms with Crippen molar-refractivity contribution in [3.05, 3.63) is 12.2 Å². The minimum absolute atomic E-state index is 0.0610. The molecule has 0 saturated carbocycles. The SMILES string of the molecule is COC(=O)/C=C/CC(C)CC(=O)CC(=O)OC(C)(C)C. The average Bonchev–Trinajstić information content (AvgIpc) is 2.25. The van der Waals surface area contributed by atoms with E-state index >= 15 is 0 Å². The van der Waals surface area contributed by atoms with Crippen LogP contribution in [0.15, 0.2) is 12.2 Å². The Hall–Kier alpha value is -1.65. The van der Waals surface area contributed by atoms with Gasteiger partial charge in [0.25, 0.3) is 0 Å². The lowest BCUT2D eigenvalue weighted by molar-refractivity contribution is -0.156. The van der Waals surface area contributed by atoms with Crippen LogP contribution in [0.2, 0.25) is 0 Å². The maximum absolute atomic E-state index is 11.7. The summed E-state index contributed by atoms with van der Waals surface area (Å²) in [6.45, 7) is 7.16. The maximum Gasteiger partial charge on any atom is 0.330 e. The van der Waals surface area contributed by atoms with Crippen molar-refractivity contribution in [1.29, 1.82) is 0 Å². The summed E-state index contributed by atoms with van der Waals surface area (Å²) in [7, 11) is 1.31. The molecule has 1 unspecified atom stereocenters. The van der Waals surface area contributed by atoms with Crippen LogP contribution >= 0.6 is 0 Å². The first-order chi connectivity index (χ1) is 9.14. The molecule has 0 fully saturated rings. The fourth-order valence-corrected chi connectivity index (χ4v) is 1.55. The Labute approximate surface area is 120 Å². The topological polar surface area (TPSA) is 69.7 Å². The highest BCUT2D eigenvalue weighted by molar-refractivity contribution is 5.95. The number of rotatable bonds is 7. The monoisotopic (exact) mass is 284 g/mol. The van der Waals surface area contributed by atoms with E-state index in [2.05, 4.69) is 4.74 Å². The van der Waals surface area contributed by atoms with E-state index in [1.165, 1.54) is 13.2 Å². The van der Waals surface area contributed by atoms with Crippen LogP contribution in [0.25, 0.3) is 0 Å². The number of carbonyl (C=O) groups excluding carboxylic acids is 3. The molecular weight excluding hydrogens is 260 g/mol. The second-order valence-electron chi connectivity index (χ2n) is 5.77. The van der Waals surface area contributed by atoms with Crippen molar-refractivity contribution < 1.29 is 23.9 Å². The predicted molar refractivity (Wildman–Crippen MR) is 75.0 cm³/mol. The van der Waals surface area contributed by atoms with Crippen molar-refractivity contribution in [3.8, 4) is 0 Å². The van der Waals surface area contributed by atoms with Crippen molar-refractivity contribution in [2.75, 3.05) is 7.11 Å². The van der Waals surface area contributed by atoms with Crippen molar-refractivity contribution in [3.63, 3.8) is 0 Å². The number of hydrogen-bond donors (Lipinski definition) is 0. The second-order valence-corrected chi connectivity index (χ2v) is 5.77. The first-order valence-corrected chi connectivity index (χ1v) is 6.62. The lowest BCUT2D eigenvalue weighted by Crippen LogP contribution is -2.25. The van der Waals surface area contributed by atoms with E-state index in [1.54, 1.807) is 26.8 Å². The maximum atomic E-state index is 11.7. The number of allylic oxidation sites excluding steroid dienone is 1. The molecule has 0 bridgehead atoms. The second kappa shape index (κ2) is 8.51. The molecule has 0 amide bonds. The number of esters is 2. The van der Waals surface area contributed by atoms with Crippen molar-refractivity contribution in [2.24, 2.45) is 5.92 Å². The van der Waals surface area contributed by atoms with E-state index in [0.717, 1.165) is 0 Å².